The van der Waals surface area contributed by atoms with Crippen LogP contribution in [0.3, 0.4) is 0 Å². The number of carbonyl (C=O) groups excluding carboxylic acids is 2. The van der Waals surface area contributed by atoms with E-state index in [1.165, 1.54) is 4.90 Å². The Bertz CT molecular complexity index is 429. The van der Waals surface area contributed by atoms with Crippen molar-refractivity contribution in [2.24, 2.45) is 0 Å². The zero-order valence-corrected chi connectivity index (χ0v) is 9.77. The van der Waals surface area contributed by atoms with E-state index in [4.69, 9.17) is 0 Å². The Morgan fingerprint density at radius 1 is 1.35 bits per heavy atom. The van der Waals surface area contributed by atoms with Crippen molar-refractivity contribution in [2.75, 3.05) is 12.4 Å². The first kappa shape index (κ1) is 11.6. The second kappa shape index (κ2) is 4.95. The summed E-state index contributed by atoms with van der Waals surface area (Å²) in [5.74, 6) is 0.526. The van der Waals surface area contributed by atoms with E-state index in [-0.39, 0.29) is 11.8 Å². The summed E-state index contributed by atoms with van der Waals surface area (Å²) in [7, 11) is 1.77. The number of nitrogens with zero attached hydrogens (tertiary/aromatic N) is 2. The summed E-state index contributed by atoms with van der Waals surface area (Å²) in [4.78, 5) is 28.8. The number of likely N-dealkylation sites (tertiary alicyclic amines) is 1. The summed E-state index contributed by atoms with van der Waals surface area (Å²) >= 11 is 0. The van der Waals surface area contributed by atoms with E-state index in [1.54, 1.807) is 19.3 Å². The molecule has 2 rings (SSSR count). The number of pyridine rings is 1. The lowest BCUT2D eigenvalue weighted by Gasteiger charge is -2.25. The molecule has 1 fully saturated rings. The van der Waals surface area contributed by atoms with Crippen LogP contribution >= 0.6 is 0 Å². The summed E-state index contributed by atoms with van der Waals surface area (Å²) in [6.07, 6.45) is 3.26. The highest BCUT2D eigenvalue weighted by Crippen LogP contribution is 2.18. The van der Waals surface area contributed by atoms with Crippen LogP contribution in [0.4, 0.5) is 5.82 Å². The number of rotatable bonds is 3. The van der Waals surface area contributed by atoms with Gasteiger partial charge in [0, 0.05) is 31.6 Å². The van der Waals surface area contributed by atoms with Crippen molar-refractivity contribution in [1.29, 1.82) is 0 Å². The minimum absolute atomic E-state index is 0.0906. The lowest BCUT2D eigenvalue weighted by Crippen LogP contribution is -2.39. The maximum atomic E-state index is 11.7. The molecule has 0 unspecified atom stereocenters. The first-order chi connectivity index (χ1) is 8.22. The Morgan fingerprint density at radius 3 is 2.71 bits per heavy atom. The highest BCUT2D eigenvalue weighted by molar-refractivity contribution is 5.97. The minimum atomic E-state index is -0.0906. The molecule has 5 nitrogen and oxygen atoms in total. The Labute approximate surface area is 99.8 Å². The Kier molecular flexibility index (Phi) is 3.37. The third-order valence-corrected chi connectivity index (χ3v) is 2.84. The van der Waals surface area contributed by atoms with Crippen LogP contribution in [0.2, 0.25) is 0 Å². The van der Waals surface area contributed by atoms with Crippen molar-refractivity contribution in [3.8, 4) is 0 Å². The predicted octanol–water partition coefficient (Wildman–Crippen LogP) is 1.16. The van der Waals surface area contributed by atoms with Gasteiger partial charge in [0.1, 0.15) is 5.82 Å². The van der Waals surface area contributed by atoms with Crippen molar-refractivity contribution in [3.05, 3.63) is 23.9 Å². The van der Waals surface area contributed by atoms with Crippen LogP contribution < -0.4 is 5.32 Å². The van der Waals surface area contributed by atoms with Crippen molar-refractivity contribution in [3.63, 3.8) is 0 Å². The van der Waals surface area contributed by atoms with Crippen molar-refractivity contribution >= 4 is 17.6 Å². The molecule has 0 radical (unpaired) electrons. The highest BCUT2D eigenvalue weighted by atomic mass is 16.2. The van der Waals surface area contributed by atoms with Gasteiger partial charge < -0.3 is 5.32 Å². The molecule has 0 aliphatic carbocycles. The quantitative estimate of drug-likeness (QED) is 0.796. The number of hydrogen-bond acceptors (Lipinski definition) is 4. The van der Waals surface area contributed by atoms with Gasteiger partial charge in [0.2, 0.25) is 11.8 Å². The van der Waals surface area contributed by atoms with E-state index in [2.05, 4.69) is 10.3 Å². The molecular weight excluding hydrogens is 218 g/mol. The van der Waals surface area contributed by atoms with Gasteiger partial charge in [-0.3, -0.25) is 14.5 Å². The number of piperidine rings is 1. The lowest BCUT2D eigenvalue weighted by atomic mass is 10.1. The smallest absolute Gasteiger partial charge is 0.229 e. The van der Waals surface area contributed by atoms with E-state index < -0.39 is 0 Å². The zero-order chi connectivity index (χ0) is 12.3. The molecule has 0 aromatic carbocycles. The monoisotopic (exact) mass is 233 g/mol. The molecule has 1 aromatic heterocycles. The van der Waals surface area contributed by atoms with E-state index in [0.29, 0.717) is 31.6 Å². The number of anilines is 1. The van der Waals surface area contributed by atoms with E-state index in [9.17, 15) is 9.59 Å². The van der Waals surface area contributed by atoms with Crippen LogP contribution in [0.1, 0.15) is 24.8 Å². The van der Waals surface area contributed by atoms with Crippen LogP contribution in [-0.2, 0) is 16.1 Å². The number of aromatic nitrogens is 1. The second-order valence-corrected chi connectivity index (χ2v) is 3.99. The molecule has 0 saturated carbocycles. The van der Waals surface area contributed by atoms with Gasteiger partial charge >= 0.3 is 0 Å². The van der Waals surface area contributed by atoms with Crippen molar-refractivity contribution in [1.82, 2.24) is 9.88 Å². The molecule has 1 aliphatic rings. The average molecular weight is 233 g/mol. The maximum absolute atomic E-state index is 11.7. The molecule has 2 amide bonds. The fraction of sp³-hybridized carbons (Fsp3) is 0.417. The molecular formula is C12H15N3O2. The van der Waals surface area contributed by atoms with Gasteiger partial charge in [-0.05, 0) is 12.5 Å². The van der Waals surface area contributed by atoms with Gasteiger partial charge in [0.15, 0.2) is 0 Å². The van der Waals surface area contributed by atoms with Crippen molar-refractivity contribution < 1.29 is 9.59 Å². The second-order valence-electron chi connectivity index (χ2n) is 3.99. The normalized spacial score (nSPS) is 16.2. The lowest BCUT2D eigenvalue weighted by molar-refractivity contribution is -0.148. The molecule has 0 spiro atoms. The van der Waals surface area contributed by atoms with Crippen LogP contribution in [0, 0.1) is 0 Å². The third kappa shape index (κ3) is 2.43. The minimum Gasteiger partial charge on any atom is -0.373 e. The molecule has 2 heterocycles. The number of carbonyl (C=O) groups is 2. The van der Waals surface area contributed by atoms with Crippen LogP contribution in [0.5, 0.6) is 0 Å². The summed E-state index contributed by atoms with van der Waals surface area (Å²) in [6.45, 7) is 0.307. The predicted molar refractivity (Wildman–Crippen MR) is 63.2 cm³/mol. The number of imide groups is 1. The largest absolute Gasteiger partial charge is 0.373 e. The van der Waals surface area contributed by atoms with Gasteiger partial charge in [-0.2, -0.15) is 0 Å². The van der Waals surface area contributed by atoms with Gasteiger partial charge in [-0.25, -0.2) is 4.98 Å². The van der Waals surface area contributed by atoms with Gasteiger partial charge in [0.25, 0.3) is 0 Å². The average Bonchev–Trinajstić information content (AvgIpc) is 2.34. The Morgan fingerprint density at radius 2 is 2.06 bits per heavy atom. The summed E-state index contributed by atoms with van der Waals surface area (Å²) < 4.78 is 0. The van der Waals surface area contributed by atoms with Gasteiger partial charge in [0.05, 0.1) is 6.54 Å². The van der Waals surface area contributed by atoms with Gasteiger partial charge in [-0.1, -0.05) is 6.07 Å². The summed E-state index contributed by atoms with van der Waals surface area (Å²) in [5.41, 5.74) is 0.860. The number of amides is 2. The highest BCUT2D eigenvalue weighted by Gasteiger charge is 2.26. The molecule has 1 N–H and O–H groups in total. The topological polar surface area (TPSA) is 62.3 Å². The maximum Gasteiger partial charge on any atom is 0.229 e. The third-order valence-electron chi connectivity index (χ3n) is 2.84. The van der Waals surface area contributed by atoms with Gasteiger partial charge in [-0.15, -0.1) is 0 Å². The number of nitrogens with one attached hydrogen (secondary N) is 1. The zero-order valence-electron chi connectivity index (χ0n) is 9.77. The van der Waals surface area contributed by atoms with E-state index in [1.807, 2.05) is 6.07 Å². The molecule has 0 bridgehead atoms. The molecule has 90 valence electrons. The number of hydrogen-bond donors (Lipinski definition) is 1. The molecule has 1 aliphatic heterocycles. The van der Waals surface area contributed by atoms with E-state index >= 15 is 0 Å². The molecule has 5 heteroatoms. The molecule has 17 heavy (non-hydrogen) atoms. The summed E-state index contributed by atoms with van der Waals surface area (Å²) in [5, 5.41) is 2.95. The fourth-order valence-electron chi connectivity index (χ4n) is 1.94. The van der Waals surface area contributed by atoms with Crippen LogP contribution in [0.15, 0.2) is 18.3 Å². The van der Waals surface area contributed by atoms with E-state index in [0.717, 1.165) is 5.56 Å². The Balaban J connectivity index is 2.19. The molecule has 1 saturated heterocycles. The summed E-state index contributed by atoms with van der Waals surface area (Å²) in [6, 6.07) is 3.67. The first-order valence-corrected chi connectivity index (χ1v) is 5.67. The Hall–Kier alpha value is -1.91. The standard InChI is InChI=1S/C12H15N3O2/c1-13-12-9(4-3-7-14-12)8-15-10(16)5-2-6-11(15)17/h3-4,7H,2,5-6,8H2,1H3,(H,13,14). The first-order valence-electron chi connectivity index (χ1n) is 5.67. The SMILES string of the molecule is CNc1ncccc1CN1C(=O)CCCC1=O. The van der Waals surface area contributed by atoms with Crippen LogP contribution in [0.25, 0.3) is 0 Å². The fourth-order valence-corrected chi connectivity index (χ4v) is 1.94. The molecule has 0 atom stereocenters. The van der Waals surface area contributed by atoms with Crippen molar-refractivity contribution in [2.45, 2.75) is 25.8 Å². The van der Waals surface area contributed by atoms with Crippen LogP contribution in [-0.4, -0.2) is 28.7 Å². The molecule has 1 aromatic rings.